The minimum Gasteiger partial charge on any atom is -0.484 e. The van der Waals surface area contributed by atoms with Crippen LogP contribution < -0.4 is 10.3 Å². The minimum absolute atomic E-state index is 0.0616. The first-order valence-corrected chi connectivity index (χ1v) is 9.95. The fraction of sp³-hybridized carbons (Fsp3) is 0.318. The Morgan fingerprint density at radius 3 is 2.57 bits per heavy atom. The molecular formula is C22H23FN4O3. The maximum Gasteiger partial charge on any atom is 0.260 e. The Kier molecular flexibility index (Phi) is 6.04. The second-order valence-electron chi connectivity index (χ2n) is 7.24. The molecule has 8 heteroatoms. The van der Waals surface area contributed by atoms with E-state index in [1.165, 1.54) is 24.3 Å². The lowest BCUT2D eigenvalue weighted by Gasteiger charge is -2.34. The summed E-state index contributed by atoms with van der Waals surface area (Å²) in [6.45, 7) is 3.43. The second-order valence-corrected chi connectivity index (χ2v) is 7.24. The van der Waals surface area contributed by atoms with Crippen LogP contribution in [0.1, 0.15) is 5.82 Å². The monoisotopic (exact) mass is 410 g/mol. The number of benzene rings is 2. The van der Waals surface area contributed by atoms with Gasteiger partial charge in [0, 0.05) is 39.1 Å². The molecule has 7 nitrogen and oxygen atoms in total. The van der Waals surface area contributed by atoms with Crippen LogP contribution >= 0.6 is 0 Å². The van der Waals surface area contributed by atoms with Crippen molar-refractivity contribution in [1.29, 1.82) is 0 Å². The van der Waals surface area contributed by atoms with Crippen LogP contribution in [0.15, 0.2) is 53.3 Å². The van der Waals surface area contributed by atoms with Crippen LogP contribution in [0.2, 0.25) is 0 Å². The van der Waals surface area contributed by atoms with Crippen molar-refractivity contribution < 1.29 is 13.9 Å². The zero-order valence-corrected chi connectivity index (χ0v) is 16.5. The largest absolute Gasteiger partial charge is 0.484 e. The summed E-state index contributed by atoms with van der Waals surface area (Å²) in [7, 11) is 0. The SMILES string of the molecule is O=C(COc1ccc(F)cc1)N1CCN(CCc2nc3ccccc3c(=O)[nH]2)CC1. The number of aromatic amines is 1. The summed E-state index contributed by atoms with van der Waals surface area (Å²) in [5, 5.41) is 0.594. The highest BCUT2D eigenvalue weighted by molar-refractivity contribution is 5.78. The van der Waals surface area contributed by atoms with Crippen molar-refractivity contribution in [2.75, 3.05) is 39.3 Å². The van der Waals surface area contributed by atoms with Crippen molar-refractivity contribution in [3.05, 3.63) is 70.5 Å². The van der Waals surface area contributed by atoms with Crippen LogP contribution in [0.5, 0.6) is 5.75 Å². The molecule has 1 fully saturated rings. The van der Waals surface area contributed by atoms with Crippen LogP contribution in [0.3, 0.4) is 0 Å². The van der Waals surface area contributed by atoms with Gasteiger partial charge in [0.2, 0.25) is 0 Å². The fourth-order valence-electron chi connectivity index (χ4n) is 3.51. The molecule has 3 aromatic rings. The normalized spacial score (nSPS) is 14.8. The van der Waals surface area contributed by atoms with Gasteiger partial charge in [-0.15, -0.1) is 0 Å². The molecule has 0 atom stereocenters. The van der Waals surface area contributed by atoms with Gasteiger partial charge in [0.15, 0.2) is 6.61 Å². The standard InChI is InChI=1S/C22H23FN4O3/c23-16-5-7-17(8-6-16)30-15-21(28)27-13-11-26(12-14-27)10-9-20-24-19-4-2-1-3-18(19)22(29)25-20/h1-8H,9-15H2,(H,24,25,29). The average Bonchev–Trinajstić information content (AvgIpc) is 2.77. The Labute approximate surface area is 173 Å². The van der Waals surface area contributed by atoms with E-state index < -0.39 is 0 Å². The van der Waals surface area contributed by atoms with Gasteiger partial charge >= 0.3 is 0 Å². The molecule has 2 aromatic carbocycles. The minimum atomic E-state index is -0.340. The number of amides is 1. The quantitative estimate of drug-likeness (QED) is 0.671. The van der Waals surface area contributed by atoms with Crippen LogP contribution in [0, 0.1) is 5.82 Å². The van der Waals surface area contributed by atoms with Gasteiger partial charge in [-0.05, 0) is 36.4 Å². The van der Waals surface area contributed by atoms with E-state index >= 15 is 0 Å². The van der Waals surface area contributed by atoms with Crippen LogP contribution in [0.4, 0.5) is 4.39 Å². The van der Waals surface area contributed by atoms with Gasteiger partial charge in [0.25, 0.3) is 11.5 Å². The summed E-state index contributed by atoms with van der Waals surface area (Å²) < 4.78 is 18.4. The van der Waals surface area contributed by atoms with Gasteiger partial charge in [-0.25, -0.2) is 9.37 Å². The van der Waals surface area contributed by atoms with E-state index in [9.17, 15) is 14.0 Å². The fourth-order valence-corrected chi connectivity index (χ4v) is 3.51. The van der Waals surface area contributed by atoms with E-state index in [-0.39, 0.29) is 23.9 Å². The molecule has 1 aromatic heterocycles. The van der Waals surface area contributed by atoms with Crippen molar-refractivity contribution >= 4 is 16.8 Å². The molecule has 0 spiro atoms. The number of halogens is 1. The van der Waals surface area contributed by atoms with Crippen molar-refractivity contribution in [3.63, 3.8) is 0 Å². The van der Waals surface area contributed by atoms with Gasteiger partial charge in [-0.1, -0.05) is 12.1 Å². The smallest absolute Gasteiger partial charge is 0.260 e. The maximum absolute atomic E-state index is 12.9. The molecule has 1 N–H and O–H groups in total. The highest BCUT2D eigenvalue weighted by atomic mass is 19.1. The number of aromatic nitrogens is 2. The number of para-hydroxylation sites is 1. The van der Waals surface area contributed by atoms with Crippen molar-refractivity contribution in [2.24, 2.45) is 0 Å². The number of ether oxygens (including phenoxy) is 1. The number of carbonyl (C=O) groups excluding carboxylic acids is 1. The van der Waals surface area contributed by atoms with Crippen molar-refractivity contribution in [3.8, 4) is 5.75 Å². The lowest BCUT2D eigenvalue weighted by atomic mass is 10.2. The molecule has 0 radical (unpaired) electrons. The van der Waals surface area contributed by atoms with Crippen molar-refractivity contribution in [1.82, 2.24) is 19.8 Å². The molecule has 0 aliphatic carbocycles. The third-order valence-electron chi connectivity index (χ3n) is 5.23. The first-order valence-electron chi connectivity index (χ1n) is 9.95. The van der Waals surface area contributed by atoms with Crippen LogP contribution in [0.25, 0.3) is 10.9 Å². The lowest BCUT2D eigenvalue weighted by Crippen LogP contribution is -2.50. The number of rotatable bonds is 6. The van der Waals surface area contributed by atoms with Crippen molar-refractivity contribution in [2.45, 2.75) is 6.42 Å². The van der Waals surface area contributed by atoms with E-state index in [0.29, 0.717) is 42.0 Å². The third kappa shape index (κ3) is 4.83. The highest BCUT2D eigenvalue weighted by Crippen LogP contribution is 2.12. The van der Waals surface area contributed by atoms with Gasteiger partial charge in [0.1, 0.15) is 17.4 Å². The lowest BCUT2D eigenvalue weighted by molar-refractivity contribution is -0.135. The Hall–Kier alpha value is -3.26. The number of piperazine rings is 1. The molecule has 0 bridgehead atoms. The van der Waals surface area contributed by atoms with E-state index in [2.05, 4.69) is 14.9 Å². The van der Waals surface area contributed by atoms with E-state index in [0.717, 1.165) is 19.6 Å². The molecule has 30 heavy (non-hydrogen) atoms. The average molecular weight is 410 g/mol. The molecule has 0 unspecified atom stereocenters. The predicted octanol–water partition coefficient (Wildman–Crippen LogP) is 1.83. The molecule has 4 rings (SSSR count). The number of nitrogens with one attached hydrogen (secondary N) is 1. The van der Waals surface area contributed by atoms with Gasteiger partial charge in [-0.2, -0.15) is 0 Å². The third-order valence-corrected chi connectivity index (χ3v) is 5.23. The predicted molar refractivity (Wildman–Crippen MR) is 111 cm³/mol. The number of hydrogen-bond acceptors (Lipinski definition) is 5. The summed E-state index contributed by atoms with van der Waals surface area (Å²) in [5.41, 5.74) is 0.583. The Bertz CT molecular complexity index is 1080. The molecular weight excluding hydrogens is 387 g/mol. The molecule has 1 aliphatic rings. The van der Waals surface area contributed by atoms with Gasteiger partial charge in [0.05, 0.1) is 10.9 Å². The van der Waals surface area contributed by atoms with Gasteiger partial charge < -0.3 is 14.6 Å². The second kappa shape index (κ2) is 9.04. The Morgan fingerprint density at radius 1 is 1.07 bits per heavy atom. The summed E-state index contributed by atoms with van der Waals surface area (Å²) in [6, 6.07) is 12.9. The Balaban J connectivity index is 1.24. The number of carbonyl (C=O) groups is 1. The van der Waals surface area contributed by atoms with Gasteiger partial charge in [-0.3, -0.25) is 14.5 Å². The molecule has 1 saturated heterocycles. The summed E-state index contributed by atoms with van der Waals surface area (Å²) >= 11 is 0. The number of fused-ring (bicyclic) bond motifs is 1. The summed E-state index contributed by atoms with van der Waals surface area (Å²) in [4.78, 5) is 35.9. The molecule has 2 heterocycles. The molecule has 156 valence electrons. The summed E-state index contributed by atoms with van der Waals surface area (Å²) in [6.07, 6.45) is 0.641. The number of hydrogen-bond donors (Lipinski definition) is 1. The molecule has 0 saturated carbocycles. The molecule has 1 aliphatic heterocycles. The first kappa shape index (κ1) is 20.0. The number of nitrogens with zero attached hydrogens (tertiary/aromatic N) is 3. The van der Waals surface area contributed by atoms with E-state index in [4.69, 9.17) is 4.74 Å². The first-order chi connectivity index (χ1) is 14.6. The number of H-pyrrole nitrogens is 1. The highest BCUT2D eigenvalue weighted by Gasteiger charge is 2.21. The van der Waals surface area contributed by atoms with E-state index in [1.54, 1.807) is 11.0 Å². The zero-order chi connectivity index (χ0) is 20.9. The Morgan fingerprint density at radius 2 is 1.80 bits per heavy atom. The van der Waals surface area contributed by atoms with Crippen LogP contribution in [-0.2, 0) is 11.2 Å². The maximum atomic E-state index is 12.9. The van der Waals surface area contributed by atoms with E-state index in [1.807, 2.05) is 18.2 Å². The topological polar surface area (TPSA) is 78.5 Å². The summed E-state index contributed by atoms with van der Waals surface area (Å²) in [5.74, 6) is 0.720. The van der Waals surface area contributed by atoms with Crippen LogP contribution in [-0.4, -0.2) is 65.0 Å². The zero-order valence-electron chi connectivity index (χ0n) is 16.5. The molecule has 1 amide bonds.